The van der Waals surface area contributed by atoms with E-state index >= 15 is 0 Å². The highest BCUT2D eigenvalue weighted by atomic mass is 32.1. The zero-order valence-electron chi connectivity index (χ0n) is 31.3. The number of carbonyl (C=O) groups excluding carboxylic acids is 6. The number of carboxylic acids is 1. The van der Waals surface area contributed by atoms with Crippen LogP contribution in [-0.4, -0.2) is 135 Å². The van der Waals surface area contributed by atoms with Gasteiger partial charge in [0.15, 0.2) is 0 Å². The molecule has 7 atom stereocenters. The van der Waals surface area contributed by atoms with Crippen molar-refractivity contribution in [2.45, 2.75) is 108 Å². The number of thiol groups is 2. The van der Waals surface area contributed by atoms with E-state index in [1.165, 1.54) is 21.9 Å². The van der Waals surface area contributed by atoms with E-state index in [-0.39, 0.29) is 49.1 Å². The molecule has 6 amide bonds. The van der Waals surface area contributed by atoms with Gasteiger partial charge in [-0.25, -0.2) is 4.79 Å². The Bertz CT molecular complexity index is 1520. The van der Waals surface area contributed by atoms with Crippen LogP contribution in [-0.2, 0) is 40.0 Å². The Morgan fingerprint density at radius 1 is 0.782 bits per heavy atom. The Kier molecular flexibility index (Phi) is 18.0. The molecule has 19 heteroatoms. The van der Waals surface area contributed by atoms with Crippen molar-refractivity contribution in [3.8, 4) is 5.75 Å². The van der Waals surface area contributed by atoms with Crippen molar-refractivity contribution >= 4 is 66.7 Å². The number of nitrogens with two attached hydrogens (primary N) is 2. The van der Waals surface area contributed by atoms with E-state index in [0.717, 1.165) is 0 Å². The van der Waals surface area contributed by atoms with Crippen LogP contribution < -0.4 is 32.7 Å². The quantitative estimate of drug-likeness (QED) is 0.0559. The SMILES string of the molecule is CC(C)[C@H](NC(=O)[C@@H]1CCCN1C(=O)[C@H](Cc1ccc(O)cc1)NC(=O)[C@H](CS)NC(=O)[C@H](CS)NC(=O)[C@@H](N)CCCCN)C(=O)N1CCC[C@H]1C(=O)O. The fourth-order valence-corrected chi connectivity index (χ4v) is 7.17. The lowest BCUT2D eigenvalue weighted by molar-refractivity contribution is -0.150. The normalized spacial score (nSPS) is 19.5. The second-order valence-electron chi connectivity index (χ2n) is 14.3. The van der Waals surface area contributed by atoms with Crippen LogP contribution in [0.25, 0.3) is 0 Å². The number of amides is 6. The predicted molar refractivity (Wildman–Crippen MR) is 210 cm³/mol. The molecule has 17 nitrogen and oxygen atoms in total. The third-order valence-corrected chi connectivity index (χ3v) is 10.5. The molecule has 55 heavy (non-hydrogen) atoms. The van der Waals surface area contributed by atoms with Crippen molar-refractivity contribution in [3.63, 3.8) is 0 Å². The number of nitrogens with zero attached hydrogens (tertiary/aromatic N) is 2. The first kappa shape index (κ1) is 45.3. The van der Waals surface area contributed by atoms with Crippen molar-refractivity contribution in [1.29, 1.82) is 0 Å². The molecule has 0 unspecified atom stereocenters. The molecule has 2 heterocycles. The van der Waals surface area contributed by atoms with E-state index in [2.05, 4.69) is 46.5 Å². The van der Waals surface area contributed by atoms with Crippen molar-refractivity contribution in [2.75, 3.05) is 31.1 Å². The maximum Gasteiger partial charge on any atom is 0.326 e. The van der Waals surface area contributed by atoms with Gasteiger partial charge < -0.3 is 52.7 Å². The molecule has 2 saturated heterocycles. The number of hydrogen-bond acceptors (Lipinski definition) is 12. The van der Waals surface area contributed by atoms with Gasteiger partial charge in [-0.3, -0.25) is 28.8 Å². The molecule has 2 aliphatic heterocycles. The third-order valence-electron chi connectivity index (χ3n) is 9.82. The lowest BCUT2D eigenvalue weighted by atomic mass is 10.0. The van der Waals surface area contributed by atoms with Crippen LogP contribution in [0.15, 0.2) is 24.3 Å². The van der Waals surface area contributed by atoms with Crippen LogP contribution in [0.1, 0.15) is 64.4 Å². The van der Waals surface area contributed by atoms with Gasteiger partial charge in [0.1, 0.15) is 42.0 Å². The van der Waals surface area contributed by atoms with E-state index in [1.807, 2.05) is 0 Å². The Balaban J connectivity index is 1.77. The number of benzene rings is 1. The highest BCUT2D eigenvalue weighted by Gasteiger charge is 2.42. The average Bonchev–Trinajstić information content (AvgIpc) is 3.86. The van der Waals surface area contributed by atoms with Gasteiger partial charge in [-0.2, -0.15) is 25.3 Å². The number of rotatable bonds is 20. The van der Waals surface area contributed by atoms with E-state index in [0.29, 0.717) is 50.6 Å². The molecular weight excluding hydrogens is 753 g/mol. The molecule has 0 radical (unpaired) electrons. The molecule has 0 bridgehead atoms. The summed E-state index contributed by atoms with van der Waals surface area (Å²) in [5.41, 5.74) is 12.0. The molecule has 3 rings (SSSR count). The first-order valence-corrected chi connectivity index (χ1v) is 19.9. The molecule has 10 N–H and O–H groups in total. The van der Waals surface area contributed by atoms with Gasteiger partial charge in [-0.1, -0.05) is 32.4 Å². The molecule has 0 saturated carbocycles. The minimum absolute atomic E-state index is 0.00926. The van der Waals surface area contributed by atoms with Gasteiger partial charge in [-0.15, -0.1) is 0 Å². The first-order chi connectivity index (χ1) is 26.1. The third kappa shape index (κ3) is 12.7. The predicted octanol–water partition coefficient (Wildman–Crippen LogP) is -1.09. The standard InChI is InChI=1S/C36H56N8O9S2/c1-20(2)29(35(51)44-16-6-9-28(44)36(52)53)42-33(49)27-8-5-15-43(27)34(50)24(17-21-10-12-22(45)13-11-21)39-31(47)26(19-55)41-32(48)25(18-54)40-30(46)23(38)7-3-4-14-37/h10-13,20,23-29,45,54-55H,3-9,14-19,37-38H2,1-2H3,(H,39,47)(H,40,46)(H,41,48)(H,42,49)(H,52,53)/t23-,24-,25-,26-,27-,28-,29-/m0/s1. The number of hydrogen-bond donors (Lipinski definition) is 10. The van der Waals surface area contributed by atoms with Gasteiger partial charge in [0.05, 0.1) is 6.04 Å². The number of carbonyl (C=O) groups is 7. The summed E-state index contributed by atoms with van der Waals surface area (Å²) in [7, 11) is 0. The van der Waals surface area contributed by atoms with Crippen molar-refractivity contribution < 1.29 is 43.8 Å². The Morgan fingerprint density at radius 3 is 1.84 bits per heavy atom. The number of phenolic OH excluding ortho intramolecular Hbond substituents is 1. The molecular formula is C36H56N8O9S2. The number of nitrogens with one attached hydrogen (secondary N) is 4. The fourth-order valence-electron chi connectivity index (χ4n) is 6.65. The molecule has 1 aromatic carbocycles. The lowest BCUT2D eigenvalue weighted by Crippen LogP contribution is -2.60. The largest absolute Gasteiger partial charge is 0.508 e. The summed E-state index contributed by atoms with van der Waals surface area (Å²) in [6.07, 6.45) is 3.21. The molecule has 1 aromatic rings. The van der Waals surface area contributed by atoms with E-state index in [1.54, 1.807) is 26.0 Å². The fraction of sp³-hybridized carbons (Fsp3) is 0.639. The van der Waals surface area contributed by atoms with Crippen LogP contribution in [0.4, 0.5) is 0 Å². The number of unbranched alkanes of at least 4 members (excludes halogenated alkanes) is 1. The van der Waals surface area contributed by atoms with Crippen molar-refractivity contribution in [1.82, 2.24) is 31.1 Å². The van der Waals surface area contributed by atoms with Crippen molar-refractivity contribution in [3.05, 3.63) is 29.8 Å². The highest BCUT2D eigenvalue weighted by molar-refractivity contribution is 7.80. The summed E-state index contributed by atoms with van der Waals surface area (Å²) in [5, 5.41) is 30.0. The van der Waals surface area contributed by atoms with Crippen LogP contribution in [0.3, 0.4) is 0 Å². The maximum atomic E-state index is 14.3. The molecule has 2 aliphatic rings. The summed E-state index contributed by atoms with van der Waals surface area (Å²) in [6.45, 7) is 4.35. The zero-order chi connectivity index (χ0) is 40.8. The molecule has 0 spiro atoms. The van der Waals surface area contributed by atoms with E-state index in [4.69, 9.17) is 11.5 Å². The summed E-state index contributed by atoms with van der Waals surface area (Å²) in [5.74, 6) is -5.52. The van der Waals surface area contributed by atoms with Crippen LogP contribution in [0, 0.1) is 5.92 Å². The second kappa shape index (κ2) is 21.9. The number of aliphatic carboxylic acids is 1. The van der Waals surface area contributed by atoms with Crippen LogP contribution in [0.5, 0.6) is 5.75 Å². The molecule has 0 aliphatic carbocycles. The maximum absolute atomic E-state index is 14.3. The smallest absolute Gasteiger partial charge is 0.326 e. The second-order valence-corrected chi connectivity index (χ2v) is 15.0. The lowest BCUT2D eigenvalue weighted by Gasteiger charge is -2.33. The van der Waals surface area contributed by atoms with Crippen molar-refractivity contribution in [2.24, 2.45) is 17.4 Å². The Hall–Kier alpha value is -4.07. The highest BCUT2D eigenvalue weighted by Crippen LogP contribution is 2.23. The number of carboxylic acid groups (broad SMARTS) is 1. The number of aromatic hydroxyl groups is 1. The monoisotopic (exact) mass is 808 g/mol. The summed E-state index contributed by atoms with van der Waals surface area (Å²) < 4.78 is 0. The summed E-state index contributed by atoms with van der Waals surface area (Å²) in [4.78, 5) is 95.5. The zero-order valence-corrected chi connectivity index (χ0v) is 33.1. The molecule has 306 valence electrons. The van der Waals surface area contributed by atoms with E-state index in [9.17, 15) is 43.8 Å². The molecule has 0 aromatic heterocycles. The number of phenols is 1. The van der Waals surface area contributed by atoms with Gasteiger partial charge >= 0.3 is 5.97 Å². The summed E-state index contributed by atoms with van der Waals surface area (Å²) in [6, 6.07) is -1.49. The first-order valence-electron chi connectivity index (χ1n) is 18.6. The minimum atomic E-state index is -1.25. The van der Waals surface area contributed by atoms with Gasteiger partial charge in [0, 0.05) is 31.0 Å². The van der Waals surface area contributed by atoms with Gasteiger partial charge in [0.2, 0.25) is 35.4 Å². The van der Waals surface area contributed by atoms with Gasteiger partial charge in [0.25, 0.3) is 0 Å². The van der Waals surface area contributed by atoms with E-state index < -0.39 is 83.7 Å². The minimum Gasteiger partial charge on any atom is -0.508 e. The van der Waals surface area contributed by atoms with Crippen LogP contribution >= 0.6 is 25.3 Å². The Labute approximate surface area is 332 Å². The topological polar surface area (TPSA) is 267 Å². The van der Waals surface area contributed by atoms with Gasteiger partial charge in [-0.05, 0) is 68.7 Å². The summed E-state index contributed by atoms with van der Waals surface area (Å²) >= 11 is 8.44. The average molecular weight is 809 g/mol. The number of likely N-dealkylation sites (tertiary alicyclic amines) is 2. The Morgan fingerprint density at radius 2 is 1.31 bits per heavy atom. The molecule has 2 fully saturated rings. The van der Waals surface area contributed by atoms with Crippen LogP contribution in [0.2, 0.25) is 0 Å².